The molecule has 5 nitrogen and oxygen atoms in total. The highest BCUT2D eigenvalue weighted by Crippen LogP contribution is 2.04. The van der Waals surface area contributed by atoms with Gasteiger partial charge in [-0.2, -0.15) is 5.10 Å². The van der Waals surface area contributed by atoms with Crippen molar-refractivity contribution in [1.29, 1.82) is 0 Å². The van der Waals surface area contributed by atoms with Crippen LogP contribution >= 0.6 is 0 Å². The quantitative estimate of drug-likeness (QED) is 0.680. The van der Waals surface area contributed by atoms with E-state index in [1.807, 2.05) is 30.3 Å². The molecule has 1 aromatic carbocycles. The molecule has 0 atom stereocenters. The van der Waals surface area contributed by atoms with E-state index in [2.05, 4.69) is 10.4 Å². The van der Waals surface area contributed by atoms with Crippen molar-refractivity contribution < 1.29 is 4.79 Å². The van der Waals surface area contributed by atoms with Crippen LogP contribution in [0.1, 0.15) is 17.9 Å². The molecule has 0 radical (unpaired) electrons. The number of hydrogen-bond acceptors (Lipinski definition) is 4. The maximum Gasteiger partial charge on any atom is 0.211 e. The molecule has 0 aliphatic heterocycles. The van der Waals surface area contributed by atoms with Gasteiger partial charge in [0.1, 0.15) is 0 Å². The smallest absolute Gasteiger partial charge is 0.211 e. The number of nitrogens with zero attached hydrogens (tertiary/aromatic N) is 2. The lowest BCUT2D eigenvalue weighted by atomic mass is 10.2. The van der Waals surface area contributed by atoms with Crippen LogP contribution in [0.2, 0.25) is 0 Å². The number of para-hydroxylation sites is 1. The molecule has 1 N–H and O–H groups in total. The van der Waals surface area contributed by atoms with E-state index in [1.54, 1.807) is 7.05 Å². The van der Waals surface area contributed by atoms with Crippen LogP contribution in [0.25, 0.3) is 5.69 Å². The minimum atomic E-state index is -0.426. The summed E-state index contributed by atoms with van der Waals surface area (Å²) < 4.78 is 1.50. The highest BCUT2D eigenvalue weighted by molar-refractivity contribution is 6.02. The zero-order chi connectivity index (χ0) is 13.7. The molecule has 104 valence electrons. The molecule has 2 aromatic rings. The molecule has 20 heavy (non-hydrogen) atoms. The molecule has 0 saturated carbocycles. The molecule has 5 heteroatoms. The zero-order valence-electron chi connectivity index (χ0n) is 10.4. The van der Waals surface area contributed by atoms with E-state index < -0.39 is 11.2 Å². The topological polar surface area (TPSA) is 64.0 Å². The predicted octanol–water partition coefficient (Wildman–Crippen LogP) is 1.78. The summed E-state index contributed by atoms with van der Waals surface area (Å²) in [6.07, 6.45) is 4.28. The van der Waals surface area contributed by atoms with Crippen molar-refractivity contribution in [3.8, 4) is 5.69 Å². The maximum absolute atomic E-state index is 11.8. The Bertz CT molecular complexity index is 660. The van der Waals surface area contributed by atoms with E-state index in [1.165, 1.54) is 29.2 Å². The van der Waals surface area contributed by atoms with E-state index in [0.29, 0.717) is 0 Å². The third kappa shape index (κ3) is 3.41. The van der Waals surface area contributed by atoms with Gasteiger partial charge in [-0.05, 0) is 12.1 Å². The molecule has 0 saturated heterocycles. The van der Waals surface area contributed by atoms with Crippen molar-refractivity contribution >= 4 is 5.78 Å². The number of aromatic nitrogens is 2. The van der Waals surface area contributed by atoms with Gasteiger partial charge in [-0.3, -0.25) is 9.59 Å². The molecular weight excluding hydrogens is 254 g/mol. The van der Waals surface area contributed by atoms with E-state index in [4.69, 9.17) is 0 Å². The Balaban J connectivity index is 0.00000200. The van der Waals surface area contributed by atoms with E-state index in [-0.39, 0.29) is 13.1 Å². The predicted molar refractivity (Wildman–Crippen MR) is 79.1 cm³/mol. The van der Waals surface area contributed by atoms with E-state index >= 15 is 0 Å². The van der Waals surface area contributed by atoms with Crippen LogP contribution in [0, 0.1) is 0 Å². The Hall–Kier alpha value is -2.69. The van der Waals surface area contributed by atoms with Gasteiger partial charge in [0.15, 0.2) is 5.69 Å². The van der Waals surface area contributed by atoms with Crippen molar-refractivity contribution in [2.45, 2.75) is 7.43 Å². The third-order valence-corrected chi connectivity index (χ3v) is 2.46. The van der Waals surface area contributed by atoms with Gasteiger partial charge in [-0.15, -0.1) is 0 Å². The molecule has 0 aliphatic carbocycles. The molecule has 1 aromatic heterocycles. The lowest BCUT2D eigenvalue weighted by Gasteiger charge is -2.05. The van der Waals surface area contributed by atoms with Crippen LogP contribution in [0.5, 0.6) is 0 Å². The van der Waals surface area contributed by atoms with Gasteiger partial charge in [0.25, 0.3) is 0 Å². The second-order valence-corrected chi connectivity index (χ2v) is 3.79. The van der Waals surface area contributed by atoms with Crippen molar-refractivity contribution in [2.24, 2.45) is 0 Å². The van der Waals surface area contributed by atoms with E-state index in [0.717, 1.165) is 5.69 Å². The molecule has 0 spiro atoms. The summed E-state index contributed by atoms with van der Waals surface area (Å²) in [6, 6.07) is 10.6. The van der Waals surface area contributed by atoms with Crippen molar-refractivity contribution in [3.05, 3.63) is 70.8 Å². The Kier molecular flexibility index (Phi) is 5.41. The van der Waals surface area contributed by atoms with Gasteiger partial charge >= 0.3 is 0 Å². The number of allylic oxidation sites excluding steroid dienone is 1. The minimum Gasteiger partial charge on any atom is -0.394 e. The minimum absolute atomic E-state index is 0. The Morgan fingerprint density at radius 3 is 2.60 bits per heavy atom. The summed E-state index contributed by atoms with van der Waals surface area (Å²) in [7, 11) is 1.67. The monoisotopic (exact) mass is 271 g/mol. The van der Waals surface area contributed by atoms with Gasteiger partial charge in [0, 0.05) is 31.6 Å². The fourth-order valence-electron chi connectivity index (χ4n) is 1.54. The summed E-state index contributed by atoms with van der Waals surface area (Å²) in [5.41, 5.74) is 0.296. The first-order chi connectivity index (χ1) is 9.22. The lowest BCUT2D eigenvalue weighted by Crippen LogP contribution is -2.19. The first-order valence-electron chi connectivity index (χ1n) is 5.76. The lowest BCUT2D eigenvalue weighted by molar-refractivity contribution is 0.103. The van der Waals surface area contributed by atoms with Crippen LogP contribution in [-0.4, -0.2) is 22.6 Å². The molecule has 0 aliphatic rings. The second-order valence-electron chi connectivity index (χ2n) is 3.79. The fraction of sp³-hybridized carbons (Fsp3) is 0.133. The second kappa shape index (κ2) is 7.04. The molecule has 0 fully saturated rings. The largest absolute Gasteiger partial charge is 0.394 e. The zero-order valence-corrected chi connectivity index (χ0v) is 10.4. The first-order valence-corrected chi connectivity index (χ1v) is 5.76. The van der Waals surface area contributed by atoms with Crippen molar-refractivity contribution in [1.82, 2.24) is 15.1 Å². The van der Waals surface area contributed by atoms with Gasteiger partial charge in [-0.1, -0.05) is 25.6 Å². The number of carbonyl (C=O) groups excluding carboxylic acids is 1. The van der Waals surface area contributed by atoms with Gasteiger partial charge in [0.05, 0.1) is 5.69 Å². The Morgan fingerprint density at radius 2 is 1.95 bits per heavy atom. The maximum atomic E-state index is 11.8. The van der Waals surface area contributed by atoms with Crippen LogP contribution in [0.4, 0.5) is 0 Å². The molecule has 2 rings (SSSR count). The molecule has 0 amide bonds. The van der Waals surface area contributed by atoms with Crippen LogP contribution in [-0.2, 0) is 0 Å². The number of ketones is 1. The standard InChI is InChI=1S/C14H13N3O2.CH4/c1-15-9-7-12(18)14-13(19)8-10-17(16-14)11-5-3-2-4-6-11;/h2-10,15H,1H3;1H4. The SMILES string of the molecule is C.CNC=CC(=O)c1nn(-c2ccccc2)ccc1=O. The number of rotatable bonds is 4. The molecular formula is C15H17N3O2. The number of carbonyl (C=O) groups is 1. The summed E-state index contributed by atoms with van der Waals surface area (Å²) in [4.78, 5) is 23.5. The number of nitrogens with one attached hydrogen (secondary N) is 1. The number of benzene rings is 1. The molecule has 0 bridgehead atoms. The van der Waals surface area contributed by atoms with Gasteiger partial charge in [0.2, 0.25) is 11.2 Å². The summed E-state index contributed by atoms with van der Waals surface area (Å²) >= 11 is 0. The van der Waals surface area contributed by atoms with E-state index in [9.17, 15) is 9.59 Å². The van der Waals surface area contributed by atoms with Crippen LogP contribution in [0.3, 0.4) is 0 Å². The van der Waals surface area contributed by atoms with Gasteiger partial charge in [-0.25, -0.2) is 4.68 Å². The van der Waals surface area contributed by atoms with Crippen LogP contribution in [0.15, 0.2) is 59.7 Å². The highest BCUT2D eigenvalue weighted by Gasteiger charge is 2.10. The fourth-order valence-corrected chi connectivity index (χ4v) is 1.54. The Morgan fingerprint density at radius 1 is 1.25 bits per heavy atom. The number of hydrogen-bond donors (Lipinski definition) is 1. The first kappa shape index (κ1) is 15.4. The Labute approximate surface area is 117 Å². The van der Waals surface area contributed by atoms with Crippen molar-refractivity contribution in [2.75, 3.05) is 7.05 Å². The molecule has 1 heterocycles. The van der Waals surface area contributed by atoms with Crippen LogP contribution < -0.4 is 10.7 Å². The average Bonchev–Trinajstić information content (AvgIpc) is 2.46. The highest BCUT2D eigenvalue weighted by atomic mass is 16.1. The third-order valence-electron chi connectivity index (χ3n) is 2.46. The summed E-state index contributed by atoms with van der Waals surface area (Å²) in [5.74, 6) is -0.426. The van der Waals surface area contributed by atoms with Gasteiger partial charge < -0.3 is 5.32 Å². The molecule has 0 unspecified atom stereocenters. The average molecular weight is 271 g/mol. The summed E-state index contributed by atoms with van der Waals surface area (Å²) in [6.45, 7) is 0. The summed E-state index contributed by atoms with van der Waals surface area (Å²) in [5, 5.41) is 6.77. The normalized spacial score (nSPS) is 10.1. The van der Waals surface area contributed by atoms with Crippen molar-refractivity contribution in [3.63, 3.8) is 0 Å².